The number of nitrogens with zero attached hydrogens (tertiary/aromatic N) is 3. The van der Waals surface area contributed by atoms with Gasteiger partial charge in [0.05, 0.1) is 17.5 Å². The molecule has 0 aromatic carbocycles. The Bertz CT molecular complexity index is 1510. The Morgan fingerprint density at radius 1 is 1.14 bits per heavy atom. The van der Waals surface area contributed by atoms with Crippen LogP contribution in [-0.2, 0) is 9.59 Å². The summed E-state index contributed by atoms with van der Waals surface area (Å²) in [6.45, 7) is 4.48. The van der Waals surface area contributed by atoms with Crippen molar-refractivity contribution >= 4 is 46.4 Å². The number of carbonyl (C=O) groups is 2. The fourth-order valence-electron chi connectivity index (χ4n) is 8.94. The Labute approximate surface area is 270 Å². The monoisotopic (exact) mass is 658 g/mol. The van der Waals surface area contributed by atoms with Crippen LogP contribution in [0.4, 0.5) is 4.39 Å². The predicted molar refractivity (Wildman–Crippen MR) is 168 cm³/mol. The van der Waals surface area contributed by atoms with E-state index in [0.717, 1.165) is 43.5 Å². The van der Waals surface area contributed by atoms with E-state index in [1.54, 1.807) is 22.9 Å². The number of amides is 2. The standard InChI is InChI=1S/C32H37Cl2FN6O2S/c1-30(2)10-12-31(13-11-30)32(21-8-5-18(33)15-22(21)39-29(32)43)23(20-9-14-36-26(34)24(20)35)25(40-31)27(42)38-19-6-3-17(4-7-19)28-41-37-16-44-28/h5,8-9,14-17,19,21-23,25,40H,3-4,6-7,10-13H2,1-2H3,(H,38,42)(H,39,43)/t17?,19?,21?,22?,23-,25+,32+/m0/s1. The molecule has 5 atom stereocenters. The number of nitrogens with one attached hydrogen (secondary N) is 3. The Morgan fingerprint density at radius 3 is 2.59 bits per heavy atom. The highest BCUT2D eigenvalue weighted by Crippen LogP contribution is 2.66. The Balaban J connectivity index is 1.29. The van der Waals surface area contributed by atoms with E-state index in [-0.39, 0.29) is 45.9 Å². The summed E-state index contributed by atoms with van der Waals surface area (Å²) in [7, 11) is 0. The average molecular weight is 660 g/mol. The van der Waals surface area contributed by atoms with Gasteiger partial charge in [-0.1, -0.05) is 43.1 Å². The first-order valence-corrected chi connectivity index (χ1v) is 17.2. The van der Waals surface area contributed by atoms with Crippen molar-refractivity contribution in [3.05, 3.63) is 62.6 Å². The minimum atomic E-state index is -1.16. The van der Waals surface area contributed by atoms with E-state index in [1.165, 1.54) is 6.20 Å². The van der Waals surface area contributed by atoms with E-state index in [2.05, 4.69) is 45.0 Å². The molecule has 234 valence electrons. The van der Waals surface area contributed by atoms with Gasteiger partial charge in [0, 0.05) is 40.6 Å². The summed E-state index contributed by atoms with van der Waals surface area (Å²) in [4.78, 5) is 33.1. The summed E-state index contributed by atoms with van der Waals surface area (Å²) < 4.78 is 16.1. The molecule has 2 aliphatic heterocycles. The summed E-state index contributed by atoms with van der Waals surface area (Å²) in [5.41, 5.74) is 0.164. The molecule has 4 fully saturated rings. The first-order valence-electron chi connectivity index (χ1n) is 15.6. The molecular weight excluding hydrogens is 622 g/mol. The number of hydrogen-bond donors (Lipinski definition) is 3. The number of hydrogen-bond acceptors (Lipinski definition) is 7. The molecule has 2 aromatic heterocycles. The Kier molecular flexibility index (Phi) is 7.66. The van der Waals surface area contributed by atoms with Gasteiger partial charge >= 0.3 is 0 Å². The third kappa shape index (κ3) is 4.74. The molecule has 3 aliphatic carbocycles. The molecule has 5 aliphatic rings. The zero-order chi connectivity index (χ0) is 30.9. The summed E-state index contributed by atoms with van der Waals surface area (Å²) in [6.07, 6.45) is 13.6. The van der Waals surface area contributed by atoms with Crippen LogP contribution in [0.3, 0.4) is 0 Å². The minimum Gasteiger partial charge on any atom is -0.352 e. The van der Waals surface area contributed by atoms with Gasteiger partial charge < -0.3 is 10.6 Å². The molecule has 7 rings (SSSR count). The molecule has 12 heteroatoms. The second-order valence-corrected chi connectivity index (χ2v) is 15.6. The van der Waals surface area contributed by atoms with Crippen LogP contribution in [0, 0.1) is 22.6 Å². The zero-order valence-corrected chi connectivity index (χ0v) is 27.1. The minimum absolute atomic E-state index is 0.0285. The van der Waals surface area contributed by atoms with Gasteiger partial charge in [-0.2, -0.15) is 0 Å². The maximum Gasteiger partial charge on any atom is 0.238 e. The molecule has 44 heavy (non-hydrogen) atoms. The molecule has 3 N–H and O–H groups in total. The number of rotatable bonds is 4. The number of aromatic nitrogens is 3. The molecule has 2 saturated carbocycles. The highest BCUT2D eigenvalue weighted by atomic mass is 35.5. The van der Waals surface area contributed by atoms with E-state index < -0.39 is 28.7 Å². The van der Waals surface area contributed by atoms with Crippen molar-refractivity contribution in [3.63, 3.8) is 0 Å². The third-order valence-electron chi connectivity index (χ3n) is 11.2. The lowest BCUT2D eigenvalue weighted by Crippen LogP contribution is -2.61. The van der Waals surface area contributed by atoms with Gasteiger partial charge in [-0.25, -0.2) is 9.37 Å². The van der Waals surface area contributed by atoms with Crippen molar-refractivity contribution in [2.24, 2.45) is 16.7 Å². The van der Waals surface area contributed by atoms with Crippen molar-refractivity contribution < 1.29 is 14.0 Å². The first-order chi connectivity index (χ1) is 21.0. The number of carbonyl (C=O) groups excluding carboxylic acids is 2. The predicted octanol–water partition coefficient (Wildman–Crippen LogP) is 5.76. The average Bonchev–Trinajstić information content (AvgIpc) is 3.70. The van der Waals surface area contributed by atoms with E-state index in [0.29, 0.717) is 23.8 Å². The summed E-state index contributed by atoms with van der Waals surface area (Å²) >= 11 is 14.3. The largest absolute Gasteiger partial charge is 0.352 e. The molecule has 2 aromatic rings. The van der Waals surface area contributed by atoms with Gasteiger partial charge in [0.15, 0.2) is 11.0 Å². The first kappa shape index (κ1) is 30.3. The van der Waals surface area contributed by atoms with Gasteiger partial charge in [-0.3, -0.25) is 14.9 Å². The summed E-state index contributed by atoms with van der Waals surface area (Å²) in [5, 5.41) is 19.8. The maximum atomic E-state index is 16.1. The molecule has 8 nitrogen and oxygen atoms in total. The number of allylic oxidation sites excluding steroid dienone is 2. The zero-order valence-electron chi connectivity index (χ0n) is 24.8. The number of fused-ring (bicyclic) bond motifs is 3. The fourth-order valence-corrected chi connectivity index (χ4v) is 10.0. The molecule has 2 saturated heterocycles. The van der Waals surface area contributed by atoms with Crippen LogP contribution in [0.5, 0.6) is 0 Å². The van der Waals surface area contributed by atoms with Crippen LogP contribution in [0.25, 0.3) is 0 Å². The molecule has 2 spiro atoms. The molecule has 2 amide bonds. The van der Waals surface area contributed by atoms with Crippen LogP contribution < -0.4 is 16.0 Å². The topological polar surface area (TPSA) is 109 Å². The van der Waals surface area contributed by atoms with Crippen LogP contribution in [-0.4, -0.2) is 50.7 Å². The van der Waals surface area contributed by atoms with Gasteiger partial charge in [0.2, 0.25) is 11.8 Å². The SMILES string of the molecule is CC1(C)CCC2(CC1)N[C@@H](C(=O)NC1CCC(c3nncs3)CC1)[C@H](c1ccnc(Cl)c1F)[C@]21C(=O)NC2C=C(Cl)C=CC21. The quantitative estimate of drug-likeness (QED) is 0.361. The third-order valence-corrected chi connectivity index (χ3v) is 12.6. The molecule has 0 radical (unpaired) electrons. The van der Waals surface area contributed by atoms with Crippen molar-refractivity contribution in [1.29, 1.82) is 0 Å². The van der Waals surface area contributed by atoms with Gasteiger partial charge in [-0.05, 0) is 80.6 Å². The number of pyridine rings is 1. The smallest absolute Gasteiger partial charge is 0.238 e. The Hall–Kier alpha value is -2.40. The van der Waals surface area contributed by atoms with Crippen molar-refractivity contribution in [2.75, 3.05) is 0 Å². The lowest BCUT2D eigenvalue weighted by molar-refractivity contribution is -0.134. The molecule has 4 heterocycles. The van der Waals surface area contributed by atoms with E-state index in [9.17, 15) is 9.59 Å². The Morgan fingerprint density at radius 2 is 1.89 bits per heavy atom. The van der Waals surface area contributed by atoms with E-state index >= 15 is 4.39 Å². The lowest BCUT2D eigenvalue weighted by Gasteiger charge is -2.52. The highest BCUT2D eigenvalue weighted by Gasteiger charge is 2.75. The lowest BCUT2D eigenvalue weighted by atomic mass is 9.51. The molecular formula is C32H37Cl2FN6O2S. The molecule has 2 unspecified atom stereocenters. The second-order valence-electron chi connectivity index (χ2n) is 14.0. The van der Waals surface area contributed by atoms with Crippen molar-refractivity contribution in [1.82, 2.24) is 31.1 Å². The van der Waals surface area contributed by atoms with Crippen LogP contribution in [0.1, 0.15) is 87.6 Å². The van der Waals surface area contributed by atoms with E-state index in [1.807, 2.05) is 18.2 Å². The van der Waals surface area contributed by atoms with Gasteiger partial charge in [0.1, 0.15) is 10.5 Å². The van der Waals surface area contributed by atoms with Gasteiger partial charge in [0.25, 0.3) is 0 Å². The second kappa shape index (κ2) is 11.1. The fraction of sp³-hybridized carbons (Fsp3) is 0.594. The van der Waals surface area contributed by atoms with E-state index in [4.69, 9.17) is 23.2 Å². The van der Waals surface area contributed by atoms with Crippen LogP contribution in [0.15, 0.2) is 41.0 Å². The van der Waals surface area contributed by atoms with Gasteiger partial charge in [-0.15, -0.1) is 21.5 Å². The maximum absolute atomic E-state index is 16.1. The summed E-state index contributed by atoms with van der Waals surface area (Å²) in [5.74, 6) is -1.91. The summed E-state index contributed by atoms with van der Waals surface area (Å²) in [6, 6.07) is 0.336. The molecule has 0 bridgehead atoms. The van der Waals surface area contributed by atoms with Crippen molar-refractivity contribution in [3.8, 4) is 0 Å². The number of halogens is 3. The van der Waals surface area contributed by atoms with Crippen LogP contribution >= 0.6 is 34.5 Å². The van der Waals surface area contributed by atoms with Crippen molar-refractivity contribution in [2.45, 2.75) is 101 Å². The highest BCUT2D eigenvalue weighted by molar-refractivity contribution is 7.09. The van der Waals surface area contributed by atoms with Crippen LogP contribution in [0.2, 0.25) is 5.15 Å². The normalized spacial score (nSPS) is 35.4.